The quantitative estimate of drug-likeness (QED) is 0.884. The van der Waals surface area contributed by atoms with Gasteiger partial charge in [-0.1, -0.05) is 39.8 Å². The summed E-state index contributed by atoms with van der Waals surface area (Å²) in [5, 5.41) is 0. The van der Waals surface area contributed by atoms with Crippen LogP contribution >= 0.6 is 0 Å². The SMILES string of the molecule is CC(C)Cc1ccc2c(c1)N(c1c(N)c(=O)c1=O)CC2(C)C. The Labute approximate surface area is 130 Å². The Kier molecular flexibility index (Phi) is 3.17. The summed E-state index contributed by atoms with van der Waals surface area (Å²) in [6.45, 7) is 9.33. The van der Waals surface area contributed by atoms with Crippen LogP contribution in [-0.4, -0.2) is 6.54 Å². The van der Waals surface area contributed by atoms with Gasteiger partial charge in [-0.15, -0.1) is 0 Å². The van der Waals surface area contributed by atoms with Gasteiger partial charge in [-0.05, 0) is 29.5 Å². The van der Waals surface area contributed by atoms with Crippen LogP contribution in [-0.2, 0) is 11.8 Å². The molecule has 22 heavy (non-hydrogen) atoms. The maximum Gasteiger partial charge on any atom is 0.253 e. The molecule has 1 aliphatic rings. The van der Waals surface area contributed by atoms with E-state index >= 15 is 0 Å². The first-order chi connectivity index (χ1) is 10.2. The zero-order chi connectivity index (χ0) is 16.2. The number of nitrogen functional groups attached to an aromatic ring is 1. The lowest BCUT2D eigenvalue weighted by atomic mass is 9.86. The van der Waals surface area contributed by atoms with Crippen molar-refractivity contribution in [1.82, 2.24) is 0 Å². The van der Waals surface area contributed by atoms with E-state index in [0.717, 1.165) is 12.1 Å². The van der Waals surface area contributed by atoms with Crippen molar-refractivity contribution in [2.45, 2.75) is 39.5 Å². The zero-order valence-electron chi connectivity index (χ0n) is 13.6. The standard InChI is InChI=1S/C18H22N2O2/c1-10(2)7-11-5-6-12-13(8-11)20(9-18(12,3)4)15-14(19)16(21)17(15)22/h5-6,8,10H,7,9,19H2,1-4H3. The van der Waals surface area contributed by atoms with Crippen LogP contribution in [0.25, 0.3) is 0 Å². The molecule has 2 aromatic carbocycles. The molecule has 0 fully saturated rings. The molecule has 0 atom stereocenters. The Morgan fingerprint density at radius 3 is 2.50 bits per heavy atom. The van der Waals surface area contributed by atoms with E-state index in [9.17, 15) is 9.59 Å². The van der Waals surface area contributed by atoms with E-state index in [-0.39, 0.29) is 11.1 Å². The first kappa shape index (κ1) is 14.8. The molecule has 0 spiro atoms. The average Bonchev–Trinajstić information content (AvgIpc) is 2.69. The Morgan fingerprint density at radius 1 is 1.23 bits per heavy atom. The monoisotopic (exact) mass is 298 g/mol. The molecule has 2 N–H and O–H groups in total. The van der Waals surface area contributed by atoms with E-state index in [0.29, 0.717) is 18.2 Å². The van der Waals surface area contributed by atoms with Crippen molar-refractivity contribution in [2.24, 2.45) is 5.92 Å². The molecule has 0 aromatic heterocycles. The van der Waals surface area contributed by atoms with Crippen molar-refractivity contribution in [3.8, 4) is 0 Å². The van der Waals surface area contributed by atoms with Crippen molar-refractivity contribution < 1.29 is 0 Å². The van der Waals surface area contributed by atoms with E-state index in [2.05, 4.69) is 45.9 Å². The van der Waals surface area contributed by atoms with E-state index in [4.69, 9.17) is 5.73 Å². The second-order valence-corrected chi connectivity index (χ2v) is 7.34. The van der Waals surface area contributed by atoms with Crippen molar-refractivity contribution in [1.29, 1.82) is 0 Å². The summed E-state index contributed by atoms with van der Waals surface area (Å²) in [5.74, 6) is 0.567. The summed E-state index contributed by atoms with van der Waals surface area (Å²) < 4.78 is 0. The first-order valence-corrected chi connectivity index (χ1v) is 7.72. The third-order valence-corrected chi connectivity index (χ3v) is 4.47. The summed E-state index contributed by atoms with van der Waals surface area (Å²) in [7, 11) is 0. The molecule has 1 heterocycles. The molecule has 2 aromatic rings. The summed E-state index contributed by atoms with van der Waals surface area (Å²) in [6.07, 6.45) is 0.989. The summed E-state index contributed by atoms with van der Waals surface area (Å²) in [4.78, 5) is 25.3. The molecule has 116 valence electrons. The van der Waals surface area contributed by atoms with Gasteiger partial charge < -0.3 is 10.6 Å². The predicted molar refractivity (Wildman–Crippen MR) is 90.8 cm³/mol. The highest BCUT2D eigenvalue weighted by molar-refractivity contribution is 5.82. The predicted octanol–water partition coefficient (Wildman–Crippen LogP) is 2.49. The van der Waals surface area contributed by atoms with Gasteiger partial charge in [0.2, 0.25) is 0 Å². The fourth-order valence-electron chi connectivity index (χ4n) is 3.40. The van der Waals surface area contributed by atoms with Crippen LogP contribution in [0.3, 0.4) is 0 Å². The van der Waals surface area contributed by atoms with E-state index in [1.807, 2.05) is 4.90 Å². The Morgan fingerprint density at radius 2 is 1.91 bits per heavy atom. The minimum absolute atomic E-state index is 0.0715. The first-order valence-electron chi connectivity index (χ1n) is 7.72. The fraction of sp³-hybridized carbons (Fsp3) is 0.444. The third-order valence-electron chi connectivity index (χ3n) is 4.47. The summed E-state index contributed by atoms with van der Waals surface area (Å²) in [5.41, 5.74) is 8.61. The number of rotatable bonds is 3. The van der Waals surface area contributed by atoms with E-state index in [1.165, 1.54) is 11.1 Å². The highest BCUT2D eigenvalue weighted by atomic mass is 16.2. The van der Waals surface area contributed by atoms with Crippen LogP contribution in [0.2, 0.25) is 0 Å². The van der Waals surface area contributed by atoms with Gasteiger partial charge in [-0.25, -0.2) is 0 Å². The Hall–Kier alpha value is -2.10. The van der Waals surface area contributed by atoms with Crippen LogP contribution in [0, 0.1) is 5.92 Å². The summed E-state index contributed by atoms with van der Waals surface area (Å²) in [6, 6.07) is 6.45. The van der Waals surface area contributed by atoms with E-state index < -0.39 is 10.9 Å². The molecule has 0 saturated carbocycles. The number of nitrogens with two attached hydrogens (primary N) is 1. The van der Waals surface area contributed by atoms with Gasteiger partial charge in [0.25, 0.3) is 10.9 Å². The lowest BCUT2D eigenvalue weighted by Crippen LogP contribution is -2.41. The Balaban J connectivity index is 2.11. The highest BCUT2D eigenvalue weighted by Gasteiger charge is 2.39. The largest absolute Gasteiger partial charge is 0.394 e. The van der Waals surface area contributed by atoms with Gasteiger partial charge in [0.1, 0.15) is 11.4 Å². The molecule has 0 unspecified atom stereocenters. The number of hydrogen-bond acceptors (Lipinski definition) is 4. The Bertz CT molecular complexity index is 811. The molecule has 0 bridgehead atoms. The molecule has 0 amide bonds. The molecule has 3 rings (SSSR count). The topological polar surface area (TPSA) is 63.4 Å². The normalized spacial score (nSPS) is 16.5. The van der Waals surface area contributed by atoms with Crippen molar-refractivity contribution in [3.63, 3.8) is 0 Å². The maximum atomic E-state index is 11.9. The highest BCUT2D eigenvalue weighted by Crippen LogP contribution is 2.45. The number of fused-ring (bicyclic) bond motifs is 1. The lowest BCUT2D eigenvalue weighted by Gasteiger charge is -2.24. The molecule has 4 heteroatoms. The molecule has 0 aliphatic carbocycles. The second-order valence-electron chi connectivity index (χ2n) is 7.34. The van der Waals surface area contributed by atoms with Gasteiger partial charge in [0, 0.05) is 17.6 Å². The van der Waals surface area contributed by atoms with Gasteiger partial charge in [-0.2, -0.15) is 0 Å². The van der Waals surface area contributed by atoms with Crippen LogP contribution < -0.4 is 21.5 Å². The van der Waals surface area contributed by atoms with Crippen LogP contribution in [0.15, 0.2) is 27.8 Å². The van der Waals surface area contributed by atoms with Crippen LogP contribution in [0.1, 0.15) is 38.8 Å². The minimum Gasteiger partial charge on any atom is -0.394 e. The van der Waals surface area contributed by atoms with Gasteiger partial charge in [0.05, 0.1) is 0 Å². The van der Waals surface area contributed by atoms with Gasteiger partial charge >= 0.3 is 0 Å². The molecular weight excluding hydrogens is 276 g/mol. The number of hydrogen-bond donors (Lipinski definition) is 1. The average molecular weight is 298 g/mol. The number of nitrogens with zero attached hydrogens (tertiary/aromatic N) is 1. The third kappa shape index (κ3) is 2.05. The fourth-order valence-corrected chi connectivity index (χ4v) is 3.40. The van der Waals surface area contributed by atoms with Crippen molar-refractivity contribution >= 4 is 17.1 Å². The zero-order valence-corrected chi connectivity index (χ0v) is 13.6. The number of anilines is 3. The van der Waals surface area contributed by atoms with Crippen LogP contribution in [0.4, 0.5) is 17.1 Å². The second kappa shape index (κ2) is 4.70. The van der Waals surface area contributed by atoms with Crippen molar-refractivity contribution in [3.05, 3.63) is 49.8 Å². The summed E-state index contributed by atoms with van der Waals surface area (Å²) >= 11 is 0. The van der Waals surface area contributed by atoms with Gasteiger partial charge in [-0.3, -0.25) is 9.59 Å². The molecule has 0 saturated heterocycles. The lowest BCUT2D eigenvalue weighted by molar-refractivity contribution is 0.568. The molecular formula is C18H22N2O2. The van der Waals surface area contributed by atoms with Gasteiger partial charge in [0.15, 0.2) is 0 Å². The molecule has 4 nitrogen and oxygen atoms in total. The van der Waals surface area contributed by atoms with Crippen LogP contribution in [0.5, 0.6) is 0 Å². The minimum atomic E-state index is -0.556. The smallest absolute Gasteiger partial charge is 0.253 e. The molecule has 0 radical (unpaired) electrons. The maximum absolute atomic E-state index is 11.9. The molecule has 1 aliphatic heterocycles. The number of benzene rings is 1. The van der Waals surface area contributed by atoms with E-state index in [1.54, 1.807) is 0 Å². The van der Waals surface area contributed by atoms with Crippen molar-refractivity contribution in [2.75, 3.05) is 17.2 Å².